The van der Waals surface area contributed by atoms with Crippen molar-refractivity contribution in [1.29, 1.82) is 0 Å². The Bertz CT molecular complexity index is 1090. The summed E-state index contributed by atoms with van der Waals surface area (Å²) in [5.41, 5.74) is 4.54. The zero-order valence-electron chi connectivity index (χ0n) is 18.0. The molecule has 11 nitrogen and oxygen atoms in total. The molecule has 168 valence electrons. The summed E-state index contributed by atoms with van der Waals surface area (Å²) in [5.74, 6) is -0.412. The van der Waals surface area contributed by atoms with Gasteiger partial charge in [-0.2, -0.15) is 0 Å². The third kappa shape index (κ3) is 4.87. The number of Topliss-reactive ketones (excluding diaryl/α,β-unsaturated/α-hetero) is 1. The van der Waals surface area contributed by atoms with Crippen molar-refractivity contribution in [2.75, 3.05) is 33.7 Å². The highest BCUT2D eigenvalue weighted by Gasteiger charge is 2.21. The number of hydrogen-bond donors (Lipinski definition) is 1. The number of methoxy groups -OCH3 is 3. The molecule has 0 fully saturated rings. The molecular formula is C20H25N3O8. The summed E-state index contributed by atoms with van der Waals surface area (Å²) in [6.07, 6.45) is 0.250. The molecule has 0 bridgehead atoms. The molecule has 11 heteroatoms. The lowest BCUT2D eigenvalue weighted by Gasteiger charge is -2.14. The van der Waals surface area contributed by atoms with Crippen molar-refractivity contribution in [3.8, 4) is 17.2 Å². The van der Waals surface area contributed by atoms with Gasteiger partial charge in [-0.25, -0.2) is 4.79 Å². The SMILES string of the molecule is COc1cc(CCC(=O)OCC(=O)c2c(N)n(C)c(=O)n(C)c2=O)cc(OC)c1OC. The first-order valence-corrected chi connectivity index (χ1v) is 9.19. The third-order valence-corrected chi connectivity index (χ3v) is 4.70. The molecule has 0 aliphatic heterocycles. The van der Waals surface area contributed by atoms with Gasteiger partial charge in [-0.1, -0.05) is 0 Å². The van der Waals surface area contributed by atoms with E-state index in [1.54, 1.807) is 12.1 Å². The van der Waals surface area contributed by atoms with Gasteiger partial charge in [0.05, 0.1) is 21.3 Å². The summed E-state index contributed by atoms with van der Waals surface area (Å²) in [4.78, 5) is 48.5. The van der Waals surface area contributed by atoms with Gasteiger partial charge in [0.2, 0.25) is 11.5 Å². The zero-order chi connectivity index (χ0) is 23.3. The fraction of sp³-hybridized carbons (Fsp3) is 0.400. The van der Waals surface area contributed by atoms with Crippen LogP contribution in [0.4, 0.5) is 5.82 Å². The first kappa shape index (κ1) is 23.5. The Morgan fingerprint density at radius 3 is 2.06 bits per heavy atom. The number of ether oxygens (including phenoxy) is 4. The largest absolute Gasteiger partial charge is 0.493 e. The van der Waals surface area contributed by atoms with Crippen LogP contribution in [0.1, 0.15) is 22.3 Å². The number of esters is 1. The molecule has 31 heavy (non-hydrogen) atoms. The van der Waals surface area contributed by atoms with E-state index >= 15 is 0 Å². The van der Waals surface area contributed by atoms with Crippen molar-refractivity contribution in [3.05, 3.63) is 44.1 Å². The number of nitrogens with two attached hydrogens (primary N) is 1. The predicted molar refractivity (Wildman–Crippen MR) is 111 cm³/mol. The number of aryl methyl sites for hydroxylation is 1. The molecule has 0 atom stereocenters. The lowest BCUT2D eigenvalue weighted by molar-refractivity contribution is -0.142. The highest BCUT2D eigenvalue weighted by molar-refractivity contribution is 6.01. The van der Waals surface area contributed by atoms with Crippen molar-refractivity contribution < 1.29 is 28.5 Å². The van der Waals surface area contributed by atoms with Gasteiger partial charge in [0.1, 0.15) is 11.4 Å². The van der Waals surface area contributed by atoms with Gasteiger partial charge in [-0.15, -0.1) is 0 Å². The van der Waals surface area contributed by atoms with Crippen molar-refractivity contribution in [3.63, 3.8) is 0 Å². The first-order valence-electron chi connectivity index (χ1n) is 9.19. The summed E-state index contributed by atoms with van der Waals surface area (Å²) < 4.78 is 22.5. The average molecular weight is 435 g/mol. The van der Waals surface area contributed by atoms with Crippen LogP contribution in [0.2, 0.25) is 0 Å². The molecule has 1 aromatic carbocycles. The van der Waals surface area contributed by atoms with Crippen molar-refractivity contribution in [1.82, 2.24) is 9.13 Å². The number of rotatable bonds is 9. The van der Waals surface area contributed by atoms with Crippen LogP contribution in [-0.2, 0) is 30.0 Å². The fourth-order valence-corrected chi connectivity index (χ4v) is 2.94. The minimum absolute atomic E-state index is 0.0350. The molecule has 0 spiro atoms. The molecular weight excluding hydrogens is 410 g/mol. The maximum atomic E-state index is 12.4. The highest BCUT2D eigenvalue weighted by atomic mass is 16.5. The summed E-state index contributed by atoms with van der Waals surface area (Å²) in [6, 6.07) is 3.41. The van der Waals surface area contributed by atoms with Crippen LogP contribution in [0.3, 0.4) is 0 Å². The van der Waals surface area contributed by atoms with Gasteiger partial charge in [-0.05, 0) is 24.1 Å². The second-order valence-corrected chi connectivity index (χ2v) is 6.58. The van der Waals surface area contributed by atoms with E-state index in [0.29, 0.717) is 17.2 Å². The summed E-state index contributed by atoms with van der Waals surface area (Å²) in [5, 5.41) is 0. The number of benzene rings is 1. The molecule has 2 aromatic rings. The maximum Gasteiger partial charge on any atom is 0.332 e. The van der Waals surface area contributed by atoms with Crippen molar-refractivity contribution >= 4 is 17.6 Å². The number of nitrogens with zero attached hydrogens (tertiary/aromatic N) is 2. The maximum absolute atomic E-state index is 12.4. The fourth-order valence-electron chi connectivity index (χ4n) is 2.94. The predicted octanol–water partition coefficient (Wildman–Crippen LogP) is 0.0507. The van der Waals surface area contributed by atoms with E-state index in [4.69, 9.17) is 24.7 Å². The van der Waals surface area contributed by atoms with E-state index in [-0.39, 0.29) is 18.7 Å². The second-order valence-electron chi connectivity index (χ2n) is 6.58. The number of hydrogen-bond acceptors (Lipinski definition) is 9. The Kier molecular flexibility index (Phi) is 7.46. The Balaban J connectivity index is 2.06. The quantitative estimate of drug-likeness (QED) is 0.427. The van der Waals surface area contributed by atoms with Crippen LogP contribution in [0.15, 0.2) is 21.7 Å². The van der Waals surface area contributed by atoms with Crippen LogP contribution in [0, 0.1) is 0 Å². The lowest BCUT2D eigenvalue weighted by atomic mass is 10.1. The molecule has 0 aliphatic rings. The Labute approximate surface area is 177 Å². The Hall–Kier alpha value is -3.76. The highest BCUT2D eigenvalue weighted by Crippen LogP contribution is 2.38. The third-order valence-electron chi connectivity index (χ3n) is 4.70. The van der Waals surface area contributed by atoms with Crippen LogP contribution >= 0.6 is 0 Å². The molecule has 0 radical (unpaired) electrons. The van der Waals surface area contributed by atoms with E-state index in [0.717, 1.165) is 14.7 Å². The van der Waals surface area contributed by atoms with Gasteiger partial charge in [0.15, 0.2) is 18.1 Å². The normalized spacial score (nSPS) is 10.5. The van der Waals surface area contributed by atoms with E-state index in [1.165, 1.54) is 35.4 Å². The summed E-state index contributed by atoms with van der Waals surface area (Å²) >= 11 is 0. The van der Waals surface area contributed by atoms with Crippen LogP contribution in [-0.4, -0.2) is 48.8 Å². The molecule has 0 saturated carbocycles. The number of nitrogen functional groups attached to an aromatic ring is 1. The molecule has 0 aliphatic carbocycles. The van der Waals surface area contributed by atoms with Crippen molar-refractivity contribution in [2.45, 2.75) is 12.8 Å². The zero-order valence-corrected chi connectivity index (χ0v) is 18.0. The number of ketones is 1. The van der Waals surface area contributed by atoms with Crippen molar-refractivity contribution in [2.24, 2.45) is 14.1 Å². The monoisotopic (exact) mass is 435 g/mol. The first-order chi connectivity index (χ1) is 14.7. The number of aromatic nitrogens is 2. The number of anilines is 1. The van der Waals surface area contributed by atoms with Gasteiger partial charge in [-0.3, -0.25) is 23.5 Å². The van der Waals surface area contributed by atoms with Gasteiger partial charge >= 0.3 is 11.7 Å². The van der Waals surface area contributed by atoms with Crippen LogP contribution < -0.4 is 31.2 Å². The molecule has 2 rings (SSSR count). The van der Waals surface area contributed by atoms with Gasteiger partial charge < -0.3 is 24.7 Å². The lowest BCUT2D eigenvalue weighted by Crippen LogP contribution is -2.42. The summed E-state index contributed by atoms with van der Waals surface area (Å²) in [7, 11) is 7.01. The van der Waals surface area contributed by atoms with Crippen LogP contribution in [0.25, 0.3) is 0 Å². The van der Waals surface area contributed by atoms with E-state index in [9.17, 15) is 19.2 Å². The van der Waals surface area contributed by atoms with Gasteiger partial charge in [0, 0.05) is 20.5 Å². The smallest absolute Gasteiger partial charge is 0.332 e. The molecule has 1 heterocycles. The minimum Gasteiger partial charge on any atom is -0.493 e. The van der Waals surface area contributed by atoms with E-state index in [1.807, 2.05) is 0 Å². The van der Waals surface area contributed by atoms with Gasteiger partial charge in [0.25, 0.3) is 5.56 Å². The Morgan fingerprint density at radius 1 is 0.968 bits per heavy atom. The number of carbonyl (C=O) groups is 2. The Morgan fingerprint density at radius 2 is 1.55 bits per heavy atom. The second kappa shape index (κ2) is 9.83. The number of carbonyl (C=O) groups excluding carboxylic acids is 2. The van der Waals surface area contributed by atoms with E-state index in [2.05, 4.69) is 0 Å². The topological polar surface area (TPSA) is 141 Å². The molecule has 2 N–H and O–H groups in total. The van der Waals surface area contributed by atoms with Crippen LogP contribution in [0.5, 0.6) is 17.2 Å². The molecule has 1 aromatic heterocycles. The standard InChI is InChI=1S/C20H25N3O8/c1-22-18(21)16(19(26)23(2)20(22)27)12(24)10-31-15(25)7-6-11-8-13(28-3)17(30-5)14(9-11)29-4/h8-9H,6-7,10,21H2,1-5H3. The summed E-state index contributed by atoms with van der Waals surface area (Å²) in [6.45, 7) is -0.675. The van der Waals surface area contributed by atoms with E-state index < -0.39 is 35.2 Å². The molecule has 0 saturated heterocycles. The molecule has 0 amide bonds. The average Bonchev–Trinajstić information content (AvgIpc) is 2.77. The molecule has 0 unspecified atom stereocenters. The minimum atomic E-state index is -0.848.